The molecule has 24 heavy (non-hydrogen) atoms. The van der Waals surface area contributed by atoms with Crippen LogP contribution in [0, 0.1) is 0 Å². The highest BCUT2D eigenvalue weighted by Crippen LogP contribution is 2.40. The van der Waals surface area contributed by atoms with Crippen molar-refractivity contribution in [3.63, 3.8) is 0 Å². The normalized spacial score (nSPS) is 19.3. The number of carbonyl (C=O) groups is 1. The summed E-state index contributed by atoms with van der Waals surface area (Å²) in [6, 6.07) is 12.4. The van der Waals surface area contributed by atoms with E-state index < -0.39 is 0 Å². The first-order valence-corrected chi connectivity index (χ1v) is 8.85. The van der Waals surface area contributed by atoms with E-state index in [1.54, 1.807) is 6.07 Å². The van der Waals surface area contributed by atoms with Gasteiger partial charge in [0.2, 0.25) is 0 Å². The summed E-state index contributed by atoms with van der Waals surface area (Å²) in [4.78, 5) is 14.9. The van der Waals surface area contributed by atoms with Crippen LogP contribution in [0.2, 0.25) is 0 Å². The Morgan fingerprint density at radius 3 is 2.71 bits per heavy atom. The van der Waals surface area contributed by atoms with Gasteiger partial charge in [-0.1, -0.05) is 35.5 Å². The van der Waals surface area contributed by atoms with Crippen LogP contribution in [-0.4, -0.2) is 35.6 Å². The summed E-state index contributed by atoms with van der Waals surface area (Å²) in [5.74, 6) is 1.17. The van der Waals surface area contributed by atoms with Crippen molar-refractivity contribution in [2.24, 2.45) is 0 Å². The molecule has 1 N–H and O–H groups in total. The first-order valence-electron chi connectivity index (χ1n) is 8.85. The molecule has 2 aromatic rings. The minimum atomic E-state index is -0.147. The number of hydrogen-bond acceptors (Lipinski definition) is 4. The Morgan fingerprint density at radius 1 is 1.25 bits per heavy atom. The zero-order chi connectivity index (χ0) is 16.4. The van der Waals surface area contributed by atoms with Crippen LogP contribution in [0.3, 0.4) is 0 Å². The largest absolute Gasteiger partial charge is 0.360 e. The topological polar surface area (TPSA) is 58.4 Å². The van der Waals surface area contributed by atoms with Gasteiger partial charge < -0.3 is 9.84 Å². The quantitative estimate of drug-likeness (QED) is 0.886. The predicted molar refractivity (Wildman–Crippen MR) is 90.8 cm³/mol. The molecule has 1 unspecified atom stereocenters. The second-order valence-electron chi connectivity index (χ2n) is 6.77. The molecule has 5 nitrogen and oxygen atoms in total. The molecule has 1 saturated carbocycles. The highest BCUT2D eigenvalue weighted by atomic mass is 16.5. The van der Waals surface area contributed by atoms with E-state index in [0.717, 1.165) is 31.7 Å². The number of benzene rings is 1. The fraction of sp³-hybridized carbons (Fsp3) is 0.474. The van der Waals surface area contributed by atoms with Crippen molar-refractivity contribution in [1.82, 2.24) is 15.4 Å². The number of hydrogen-bond donors (Lipinski definition) is 1. The van der Waals surface area contributed by atoms with Crippen LogP contribution in [0.1, 0.15) is 59.5 Å². The number of aromatic nitrogens is 1. The molecule has 5 heteroatoms. The summed E-state index contributed by atoms with van der Waals surface area (Å²) in [6.07, 6.45) is 4.74. The number of rotatable bonds is 6. The maximum atomic E-state index is 12.4. The molecule has 2 fully saturated rings. The molecular formula is C19H23N3O2. The van der Waals surface area contributed by atoms with Crippen molar-refractivity contribution in [1.29, 1.82) is 0 Å². The van der Waals surface area contributed by atoms with Crippen LogP contribution >= 0.6 is 0 Å². The lowest BCUT2D eigenvalue weighted by molar-refractivity contribution is 0.0928. The van der Waals surface area contributed by atoms with Crippen molar-refractivity contribution in [2.45, 2.75) is 37.6 Å². The third-order valence-electron chi connectivity index (χ3n) is 4.96. The molecule has 1 aliphatic heterocycles. The van der Waals surface area contributed by atoms with E-state index in [4.69, 9.17) is 4.52 Å². The van der Waals surface area contributed by atoms with Gasteiger partial charge in [0.1, 0.15) is 5.76 Å². The van der Waals surface area contributed by atoms with Crippen LogP contribution in [-0.2, 0) is 0 Å². The lowest BCUT2D eigenvalue weighted by Crippen LogP contribution is -2.36. The molecule has 0 spiro atoms. The molecule has 1 saturated heterocycles. The zero-order valence-corrected chi connectivity index (χ0v) is 13.8. The molecular weight excluding hydrogens is 302 g/mol. The molecule has 2 heterocycles. The van der Waals surface area contributed by atoms with Crippen molar-refractivity contribution in [3.8, 4) is 0 Å². The van der Waals surface area contributed by atoms with Gasteiger partial charge in [-0.3, -0.25) is 9.69 Å². The van der Waals surface area contributed by atoms with Gasteiger partial charge in [-0.2, -0.15) is 0 Å². The van der Waals surface area contributed by atoms with E-state index >= 15 is 0 Å². The SMILES string of the molecule is O=C(NCC(c1ccccc1)N1CCCC1)c1cc(C2CC2)on1. The average molecular weight is 325 g/mol. The second-order valence-corrected chi connectivity index (χ2v) is 6.77. The monoisotopic (exact) mass is 325 g/mol. The van der Waals surface area contributed by atoms with Gasteiger partial charge >= 0.3 is 0 Å². The number of nitrogens with zero attached hydrogens (tertiary/aromatic N) is 2. The molecule has 1 aromatic carbocycles. The van der Waals surface area contributed by atoms with Crippen molar-refractivity contribution in [2.75, 3.05) is 19.6 Å². The smallest absolute Gasteiger partial charge is 0.273 e. The third-order valence-corrected chi connectivity index (χ3v) is 4.96. The molecule has 1 aromatic heterocycles. The highest BCUT2D eigenvalue weighted by Gasteiger charge is 2.29. The molecule has 0 radical (unpaired) electrons. The first-order chi connectivity index (χ1) is 11.8. The van der Waals surface area contributed by atoms with E-state index in [2.05, 4.69) is 39.6 Å². The van der Waals surface area contributed by atoms with Crippen LogP contribution < -0.4 is 5.32 Å². The van der Waals surface area contributed by atoms with Gasteiger partial charge in [0.25, 0.3) is 5.91 Å². The van der Waals surface area contributed by atoms with Crippen LogP contribution in [0.25, 0.3) is 0 Å². The van der Waals surface area contributed by atoms with Gasteiger partial charge in [0.15, 0.2) is 5.69 Å². The van der Waals surface area contributed by atoms with Crippen molar-refractivity contribution >= 4 is 5.91 Å². The van der Waals surface area contributed by atoms with E-state index in [-0.39, 0.29) is 11.9 Å². The van der Waals surface area contributed by atoms with E-state index in [9.17, 15) is 4.79 Å². The Labute approximate surface area is 142 Å². The van der Waals surface area contributed by atoms with E-state index in [1.165, 1.54) is 18.4 Å². The Balaban J connectivity index is 1.43. The van der Waals surface area contributed by atoms with Gasteiger partial charge in [0, 0.05) is 18.5 Å². The fourth-order valence-electron chi connectivity index (χ4n) is 3.42. The maximum Gasteiger partial charge on any atom is 0.273 e. The van der Waals surface area contributed by atoms with Crippen molar-refractivity contribution < 1.29 is 9.32 Å². The number of amides is 1. The number of carbonyl (C=O) groups excluding carboxylic acids is 1. The van der Waals surface area contributed by atoms with Gasteiger partial charge in [-0.25, -0.2) is 0 Å². The number of nitrogens with one attached hydrogen (secondary N) is 1. The molecule has 1 amide bonds. The van der Waals surface area contributed by atoms with Gasteiger partial charge in [-0.05, 0) is 44.3 Å². The number of likely N-dealkylation sites (tertiary alicyclic amines) is 1. The molecule has 1 atom stereocenters. The van der Waals surface area contributed by atoms with E-state index in [1.807, 2.05) is 6.07 Å². The van der Waals surface area contributed by atoms with Crippen LogP contribution in [0.15, 0.2) is 40.9 Å². The Bertz CT molecular complexity index is 688. The molecule has 126 valence electrons. The second kappa shape index (κ2) is 6.77. The molecule has 2 aliphatic rings. The summed E-state index contributed by atoms with van der Waals surface area (Å²) >= 11 is 0. The fourth-order valence-corrected chi connectivity index (χ4v) is 3.42. The van der Waals surface area contributed by atoms with E-state index in [0.29, 0.717) is 18.2 Å². The van der Waals surface area contributed by atoms with Crippen molar-refractivity contribution in [3.05, 3.63) is 53.4 Å². The predicted octanol–water partition coefficient (Wildman–Crippen LogP) is 3.12. The first kappa shape index (κ1) is 15.4. The summed E-state index contributed by atoms with van der Waals surface area (Å²) in [5.41, 5.74) is 1.64. The summed E-state index contributed by atoms with van der Waals surface area (Å²) in [5, 5.41) is 6.97. The Hall–Kier alpha value is -2.14. The van der Waals surface area contributed by atoms with Crippen LogP contribution in [0.4, 0.5) is 0 Å². The maximum absolute atomic E-state index is 12.4. The minimum absolute atomic E-state index is 0.147. The highest BCUT2D eigenvalue weighted by molar-refractivity contribution is 5.92. The summed E-state index contributed by atoms with van der Waals surface area (Å²) in [7, 11) is 0. The zero-order valence-electron chi connectivity index (χ0n) is 13.8. The molecule has 1 aliphatic carbocycles. The van der Waals surface area contributed by atoms with Gasteiger partial charge in [-0.15, -0.1) is 0 Å². The molecule has 4 rings (SSSR count). The Morgan fingerprint density at radius 2 is 2.00 bits per heavy atom. The lowest BCUT2D eigenvalue weighted by atomic mass is 10.1. The Kier molecular flexibility index (Phi) is 4.34. The summed E-state index contributed by atoms with van der Waals surface area (Å²) < 4.78 is 5.28. The summed E-state index contributed by atoms with van der Waals surface area (Å²) in [6.45, 7) is 2.77. The standard InChI is InChI=1S/C19H23N3O2/c23-19(16-12-18(24-21-16)15-8-9-15)20-13-17(22-10-4-5-11-22)14-6-2-1-3-7-14/h1-3,6-7,12,15,17H,4-5,8-11,13H2,(H,20,23). The lowest BCUT2D eigenvalue weighted by Gasteiger charge is -2.28. The van der Waals surface area contributed by atoms with Gasteiger partial charge in [0.05, 0.1) is 6.04 Å². The third kappa shape index (κ3) is 3.36. The minimum Gasteiger partial charge on any atom is -0.360 e. The van der Waals surface area contributed by atoms with Crippen LogP contribution in [0.5, 0.6) is 0 Å². The average Bonchev–Trinajstić information content (AvgIpc) is 3.12. The molecule has 0 bridgehead atoms.